The lowest BCUT2D eigenvalue weighted by Gasteiger charge is -2.28. The summed E-state index contributed by atoms with van der Waals surface area (Å²) in [6.45, 7) is 0. The van der Waals surface area contributed by atoms with Crippen LogP contribution in [0.1, 0.15) is 22.0 Å². The van der Waals surface area contributed by atoms with Crippen molar-refractivity contribution in [1.29, 1.82) is 0 Å². The van der Waals surface area contributed by atoms with Crippen molar-refractivity contribution in [1.82, 2.24) is 20.2 Å². The maximum Gasteiger partial charge on any atom is 0.355 e. The molecule has 0 fully saturated rings. The number of allylic oxidation sites excluding steroid dienone is 1. The lowest BCUT2D eigenvalue weighted by molar-refractivity contribution is -0.136. The summed E-state index contributed by atoms with van der Waals surface area (Å²) >= 11 is 0. The van der Waals surface area contributed by atoms with E-state index in [4.69, 9.17) is 14.2 Å². The minimum absolute atomic E-state index is 0.0236. The number of aromatic nitrogens is 4. The summed E-state index contributed by atoms with van der Waals surface area (Å²) in [4.78, 5) is 26.2. The number of carbonyl (C=O) groups is 2. The van der Waals surface area contributed by atoms with E-state index >= 15 is 0 Å². The number of hydrogen-bond donors (Lipinski definition) is 1. The highest BCUT2D eigenvalue weighted by atomic mass is 19.1. The van der Waals surface area contributed by atoms with E-state index in [0.717, 1.165) is 12.1 Å². The number of tetrazole rings is 1. The van der Waals surface area contributed by atoms with Gasteiger partial charge >= 0.3 is 5.97 Å². The fourth-order valence-electron chi connectivity index (χ4n) is 3.48. The zero-order valence-corrected chi connectivity index (χ0v) is 17.3. The largest absolute Gasteiger partial charge is 0.493 e. The van der Waals surface area contributed by atoms with E-state index in [-0.39, 0.29) is 22.8 Å². The average molecular weight is 439 g/mol. The van der Waals surface area contributed by atoms with Crippen LogP contribution in [0, 0.1) is 5.82 Å². The summed E-state index contributed by atoms with van der Waals surface area (Å²) in [5.41, 5.74) is 0.621. The first-order valence-electron chi connectivity index (χ1n) is 9.38. The topological polar surface area (TPSA) is 117 Å². The van der Waals surface area contributed by atoms with E-state index in [2.05, 4.69) is 20.8 Å². The van der Waals surface area contributed by atoms with Crippen LogP contribution in [0.2, 0.25) is 0 Å². The van der Waals surface area contributed by atoms with Gasteiger partial charge in [0.05, 0.1) is 26.9 Å². The summed E-state index contributed by atoms with van der Waals surface area (Å²) in [6.07, 6.45) is 0. The van der Waals surface area contributed by atoms with Gasteiger partial charge in [0.2, 0.25) is 5.95 Å². The van der Waals surface area contributed by atoms with Crippen molar-refractivity contribution >= 4 is 17.7 Å². The number of anilines is 1. The molecule has 4 rings (SSSR count). The molecule has 164 valence electrons. The first-order chi connectivity index (χ1) is 15.5. The minimum Gasteiger partial charge on any atom is -0.493 e. The predicted octanol–water partition coefficient (Wildman–Crippen LogP) is 2.15. The Labute approximate surface area is 181 Å². The van der Waals surface area contributed by atoms with Crippen LogP contribution in [0.25, 0.3) is 0 Å². The van der Waals surface area contributed by atoms with Crippen LogP contribution in [0.15, 0.2) is 53.7 Å². The van der Waals surface area contributed by atoms with Crippen molar-refractivity contribution in [2.45, 2.75) is 6.04 Å². The molecule has 0 bridgehead atoms. The normalized spacial score (nSPS) is 14.9. The minimum atomic E-state index is -0.910. The van der Waals surface area contributed by atoms with Crippen LogP contribution in [-0.2, 0) is 9.53 Å². The Morgan fingerprint density at radius 2 is 1.75 bits per heavy atom. The van der Waals surface area contributed by atoms with Crippen molar-refractivity contribution in [2.24, 2.45) is 0 Å². The van der Waals surface area contributed by atoms with E-state index in [9.17, 15) is 14.0 Å². The van der Waals surface area contributed by atoms with Crippen molar-refractivity contribution in [3.8, 4) is 11.5 Å². The molecule has 0 amide bonds. The predicted molar refractivity (Wildman–Crippen MR) is 109 cm³/mol. The lowest BCUT2D eigenvalue weighted by atomic mass is 9.89. The third kappa shape index (κ3) is 3.53. The molecule has 0 saturated carbocycles. The van der Waals surface area contributed by atoms with E-state index < -0.39 is 23.6 Å². The Morgan fingerprint density at radius 3 is 2.41 bits per heavy atom. The molecular weight excluding hydrogens is 421 g/mol. The first-order valence-corrected chi connectivity index (χ1v) is 9.38. The molecule has 1 aliphatic heterocycles. The van der Waals surface area contributed by atoms with Crippen LogP contribution in [-0.4, -0.2) is 53.3 Å². The van der Waals surface area contributed by atoms with Gasteiger partial charge in [-0.3, -0.25) is 4.79 Å². The quantitative estimate of drug-likeness (QED) is 0.455. The van der Waals surface area contributed by atoms with Crippen LogP contribution in [0.5, 0.6) is 11.5 Å². The Morgan fingerprint density at radius 1 is 1.03 bits per heavy atom. The van der Waals surface area contributed by atoms with Crippen LogP contribution in [0.3, 0.4) is 0 Å². The number of ketones is 1. The Bertz CT molecular complexity index is 1220. The average Bonchev–Trinajstić information content (AvgIpc) is 3.30. The van der Waals surface area contributed by atoms with Gasteiger partial charge in [-0.1, -0.05) is 11.2 Å². The summed E-state index contributed by atoms with van der Waals surface area (Å²) in [6, 6.07) is 9.11. The molecule has 1 atom stereocenters. The molecule has 0 aliphatic carbocycles. The van der Waals surface area contributed by atoms with Gasteiger partial charge in [0.1, 0.15) is 17.6 Å². The van der Waals surface area contributed by atoms with Gasteiger partial charge in [0.25, 0.3) is 0 Å². The van der Waals surface area contributed by atoms with E-state index in [1.807, 2.05) is 0 Å². The molecule has 0 spiro atoms. The number of esters is 1. The third-order valence-electron chi connectivity index (χ3n) is 4.98. The summed E-state index contributed by atoms with van der Waals surface area (Å²) in [7, 11) is 4.17. The summed E-state index contributed by atoms with van der Waals surface area (Å²) in [5.74, 6) is -0.781. The highest BCUT2D eigenvalue weighted by Crippen LogP contribution is 2.39. The SMILES string of the molecule is COC(=O)C1=C(C(=O)c2ccc(F)cc2)[C@@H](c2ccc(OC)c(OC)c2)n2nnnc2N1. The maximum atomic E-state index is 13.6. The van der Waals surface area contributed by atoms with E-state index in [1.54, 1.807) is 18.2 Å². The number of Topliss-reactive ketones (excluding diaryl/α,β-unsaturated/α-hetero) is 1. The van der Waals surface area contributed by atoms with E-state index in [0.29, 0.717) is 17.1 Å². The second-order valence-electron chi connectivity index (χ2n) is 6.71. The van der Waals surface area contributed by atoms with E-state index in [1.165, 1.54) is 38.1 Å². The molecule has 0 unspecified atom stereocenters. The molecule has 2 heterocycles. The standard InChI is InChI=1S/C21H18FN5O5/c1-30-14-9-6-12(10-15(14)31-2)18-16(19(28)11-4-7-13(22)8-5-11)17(20(29)32-3)23-21-24-25-26-27(18)21/h4-10,18H,1-3H3,(H,23,24,26)/t18-/m1/s1. The molecule has 32 heavy (non-hydrogen) atoms. The highest BCUT2D eigenvalue weighted by molar-refractivity contribution is 6.14. The molecule has 3 aromatic rings. The van der Waals surface area contributed by atoms with Gasteiger partial charge in [-0.15, -0.1) is 0 Å². The first kappa shape index (κ1) is 21.0. The molecule has 10 nitrogen and oxygen atoms in total. The van der Waals surface area contributed by atoms with Gasteiger partial charge in [-0.2, -0.15) is 4.68 Å². The van der Waals surface area contributed by atoms with Crippen molar-refractivity contribution in [3.63, 3.8) is 0 Å². The monoisotopic (exact) mass is 439 g/mol. The van der Waals surface area contributed by atoms with Crippen molar-refractivity contribution < 1.29 is 28.2 Å². The number of methoxy groups -OCH3 is 3. The number of benzene rings is 2. The highest BCUT2D eigenvalue weighted by Gasteiger charge is 2.38. The number of hydrogen-bond acceptors (Lipinski definition) is 9. The summed E-state index contributed by atoms with van der Waals surface area (Å²) < 4.78 is 30.4. The number of fused-ring (bicyclic) bond motifs is 1. The number of ether oxygens (including phenoxy) is 3. The summed E-state index contributed by atoms with van der Waals surface area (Å²) in [5, 5.41) is 14.3. The smallest absolute Gasteiger partial charge is 0.355 e. The number of rotatable bonds is 6. The second kappa shape index (κ2) is 8.46. The van der Waals surface area contributed by atoms with Gasteiger partial charge in [0, 0.05) is 5.56 Å². The molecule has 0 saturated heterocycles. The van der Waals surface area contributed by atoms with Crippen LogP contribution >= 0.6 is 0 Å². The second-order valence-corrected chi connectivity index (χ2v) is 6.71. The Balaban J connectivity index is 1.95. The van der Waals surface area contributed by atoms with Crippen LogP contribution in [0.4, 0.5) is 10.3 Å². The molecule has 1 N–H and O–H groups in total. The Hall–Kier alpha value is -4.28. The van der Waals surface area contributed by atoms with Crippen molar-refractivity contribution in [3.05, 3.63) is 70.7 Å². The van der Waals surface area contributed by atoms with Gasteiger partial charge < -0.3 is 19.5 Å². The fourth-order valence-corrected chi connectivity index (χ4v) is 3.48. The number of halogens is 1. The van der Waals surface area contributed by atoms with Gasteiger partial charge in [-0.05, 0) is 52.4 Å². The maximum absolute atomic E-state index is 13.6. The molecule has 1 aliphatic rings. The van der Waals surface area contributed by atoms with Crippen molar-refractivity contribution in [2.75, 3.05) is 26.6 Å². The third-order valence-corrected chi connectivity index (χ3v) is 4.98. The molecule has 1 aromatic heterocycles. The number of carbonyl (C=O) groups excluding carboxylic acids is 2. The molecular formula is C21H18FN5O5. The van der Waals surface area contributed by atoms with Crippen LogP contribution < -0.4 is 14.8 Å². The fraction of sp³-hybridized carbons (Fsp3) is 0.190. The molecule has 0 radical (unpaired) electrons. The number of nitrogens with one attached hydrogen (secondary N) is 1. The van der Waals surface area contributed by atoms with Gasteiger partial charge in [-0.25, -0.2) is 9.18 Å². The molecule has 11 heteroatoms. The zero-order valence-electron chi connectivity index (χ0n) is 17.3. The Kier molecular flexibility index (Phi) is 5.54. The number of nitrogens with zero attached hydrogens (tertiary/aromatic N) is 4. The molecule has 2 aromatic carbocycles. The lowest BCUT2D eigenvalue weighted by Crippen LogP contribution is -2.33. The zero-order chi connectivity index (χ0) is 22.8. The van der Waals surface area contributed by atoms with Gasteiger partial charge in [0.15, 0.2) is 17.3 Å².